The molecule has 0 radical (unpaired) electrons. The lowest BCUT2D eigenvalue weighted by molar-refractivity contribution is -0.384. The topological polar surface area (TPSA) is 93.0 Å². The summed E-state index contributed by atoms with van der Waals surface area (Å²) in [6.07, 6.45) is -1.06. The van der Waals surface area contributed by atoms with Crippen LogP contribution in [0.15, 0.2) is 72.8 Å². The number of nitro benzene ring substituents is 1. The number of hydrogen-bond donors (Lipinski definition) is 0. The number of amides is 2. The van der Waals surface area contributed by atoms with E-state index in [4.69, 9.17) is 16.4 Å². The van der Waals surface area contributed by atoms with Gasteiger partial charge in [0.2, 0.25) is 5.91 Å². The van der Waals surface area contributed by atoms with Gasteiger partial charge in [-0.15, -0.1) is 0 Å². The number of hydroxylamine groups is 1. The van der Waals surface area contributed by atoms with Crippen molar-refractivity contribution in [3.8, 4) is 0 Å². The number of rotatable bonds is 4. The van der Waals surface area contributed by atoms with Crippen LogP contribution < -0.4 is 9.96 Å². The molecule has 5 rings (SSSR count). The quantitative estimate of drug-likeness (QED) is 0.319. The number of carbonyl (C=O) groups excluding carboxylic acids is 2. The van der Waals surface area contributed by atoms with Gasteiger partial charge in [0.15, 0.2) is 6.10 Å². The molecule has 3 aromatic carbocycles. The fourth-order valence-electron chi connectivity index (χ4n) is 4.35. The lowest BCUT2D eigenvalue weighted by Crippen LogP contribution is -2.37. The standard InChI is InChI=1S/C24H18ClN3O5/c1-14-7-10-16(11-8-14)26-23(29)20-21(15-9-12-18(25)19(13-15)28(31)32)27(33-22(20)24(26)30)17-5-3-2-4-6-17/h2-13,20-22H,1H3/t20-,21-,22-/m1/s1. The van der Waals surface area contributed by atoms with Gasteiger partial charge in [-0.3, -0.25) is 24.5 Å². The molecule has 0 aliphatic carbocycles. The van der Waals surface area contributed by atoms with Gasteiger partial charge in [-0.2, -0.15) is 0 Å². The van der Waals surface area contributed by atoms with E-state index in [1.165, 1.54) is 17.2 Å². The second kappa shape index (κ2) is 7.99. The Morgan fingerprint density at radius 2 is 1.64 bits per heavy atom. The van der Waals surface area contributed by atoms with E-state index in [0.717, 1.165) is 10.5 Å². The van der Waals surface area contributed by atoms with Gasteiger partial charge in [-0.05, 0) is 42.8 Å². The van der Waals surface area contributed by atoms with Gasteiger partial charge < -0.3 is 0 Å². The van der Waals surface area contributed by atoms with Gasteiger partial charge in [0.1, 0.15) is 10.9 Å². The molecule has 0 N–H and O–H groups in total. The maximum absolute atomic E-state index is 13.6. The third-order valence-electron chi connectivity index (χ3n) is 5.93. The zero-order valence-electron chi connectivity index (χ0n) is 17.4. The van der Waals surface area contributed by atoms with Crippen molar-refractivity contribution in [1.82, 2.24) is 0 Å². The summed E-state index contributed by atoms with van der Waals surface area (Å²) in [4.78, 5) is 45.0. The summed E-state index contributed by atoms with van der Waals surface area (Å²) in [7, 11) is 0. The predicted octanol–water partition coefficient (Wildman–Crippen LogP) is 4.61. The molecule has 0 bridgehead atoms. The molecule has 0 spiro atoms. The van der Waals surface area contributed by atoms with Crippen LogP contribution in [0.4, 0.5) is 17.1 Å². The van der Waals surface area contributed by atoms with Crippen molar-refractivity contribution in [2.75, 3.05) is 9.96 Å². The number of anilines is 2. The minimum Gasteiger partial charge on any atom is -0.273 e. The van der Waals surface area contributed by atoms with Crippen LogP contribution in [0.3, 0.4) is 0 Å². The number of halogens is 1. The molecule has 2 aliphatic heterocycles. The molecular formula is C24H18ClN3O5. The largest absolute Gasteiger partial charge is 0.288 e. The number of nitrogens with zero attached hydrogens (tertiary/aromatic N) is 3. The Kier molecular flexibility index (Phi) is 5.11. The molecule has 8 nitrogen and oxygen atoms in total. The Morgan fingerprint density at radius 1 is 0.939 bits per heavy atom. The predicted molar refractivity (Wildman–Crippen MR) is 122 cm³/mol. The minimum absolute atomic E-state index is 0.0133. The van der Waals surface area contributed by atoms with Gasteiger partial charge in [-0.25, -0.2) is 9.96 Å². The summed E-state index contributed by atoms with van der Waals surface area (Å²) < 4.78 is 0. The Balaban J connectivity index is 1.61. The van der Waals surface area contributed by atoms with Crippen molar-refractivity contribution in [3.05, 3.63) is 99.1 Å². The minimum atomic E-state index is -1.06. The second-order valence-electron chi connectivity index (χ2n) is 7.97. The van der Waals surface area contributed by atoms with Gasteiger partial charge >= 0.3 is 0 Å². The van der Waals surface area contributed by atoms with Gasteiger partial charge in [0, 0.05) is 6.07 Å². The number of nitro groups is 1. The molecule has 0 aromatic heterocycles. The van der Waals surface area contributed by atoms with Crippen molar-refractivity contribution in [2.24, 2.45) is 5.92 Å². The van der Waals surface area contributed by atoms with Crippen LogP contribution in [0.1, 0.15) is 17.2 Å². The molecule has 2 amide bonds. The molecule has 33 heavy (non-hydrogen) atoms. The van der Waals surface area contributed by atoms with E-state index in [9.17, 15) is 19.7 Å². The first-order valence-electron chi connectivity index (χ1n) is 10.3. The SMILES string of the molecule is Cc1ccc(N2C(=O)[C@@H]3[C@@H](c4ccc(Cl)c([N+](=O)[O-])c4)N(c4ccccc4)O[C@H]3C2=O)cc1. The number of aryl methyl sites for hydroxylation is 1. The lowest BCUT2D eigenvalue weighted by Gasteiger charge is -2.28. The van der Waals surface area contributed by atoms with Crippen LogP contribution in [0.2, 0.25) is 5.02 Å². The molecular weight excluding hydrogens is 446 g/mol. The molecule has 3 aromatic rings. The number of hydrogen-bond acceptors (Lipinski definition) is 6. The zero-order chi connectivity index (χ0) is 23.3. The van der Waals surface area contributed by atoms with Crippen LogP contribution in [-0.2, 0) is 14.4 Å². The molecule has 2 heterocycles. The Morgan fingerprint density at radius 3 is 2.30 bits per heavy atom. The molecule has 2 fully saturated rings. The third kappa shape index (κ3) is 3.44. The van der Waals surface area contributed by atoms with Crippen LogP contribution >= 0.6 is 11.6 Å². The maximum atomic E-state index is 13.6. The molecule has 0 saturated carbocycles. The number of para-hydroxylation sites is 1. The third-order valence-corrected chi connectivity index (χ3v) is 6.25. The van der Waals surface area contributed by atoms with E-state index in [1.807, 2.05) is 25.1 Å². The van der Waals surface area contributed by atoms with E-state index in [-0.39, 0.29) is 10.7 Å². The molecule has 166 valence electrons. The second-order valence-corrected chi connectivity index (χ2v) is 8.38. The molecule has 0 unspecified atom stereocenters. The van der Waals surface area contributed by atoms with Crippen molar-refractivity contribution in [1.29, 1.82) is 0 Å². The Bertz CT molecular complexity index is 1260. The lowest BCUT2D eigenvalue weighted by atomic mass is 9.90. The number of carbonyl (C=O) groups is 2. The molecule has 3 atom stereocenters. The Hall–Kier alpha value is -3.75. The summed E-state index contributed by atoms with van der Waals surface area (Å²) in [5.74, 6) is -1.78. The van der Waals surface area contributed by atoms with E-state index < -0.39 is 34.8 Å². The van der Waals surface area contributed by atoms with Crippen LogP contribution in [0, 0.1) is 23.0 Å². The van der Waals surface area contributed by atoms with Crippen molar-refractivity contribution >= 4 is 40.5 Å². The highest BCUT2D eigenvalue weighted by molar-refractivity contribution is 6.32. The summed E-state index contributed by atoms with van der Waals surface area (Å²) in [6.45, 7) is 1.91. The highest BCUT2D eigenvalue weighted by Gasteiger charge is 2.60. The van der Waals surface area contributed by atoms with Gasteiger partial charge in [-0.1, -0.05) is 53.6 Å². The molecule has 2 saturated heterocycles. The smallest absolute Gasteiger partial charge is 0.273 e. The van der Waals surface area contributed by atoms with E-state index in [1.54, 1.807) is 42.5 Å². The van der Waals surface area contributed by atoms with Crippen molar-refractivity contribution in [2.45, 2.75) is 19.1 Å². The normalized spacial score (nSPS) is 22.1. The number of fused-ring (bicyclic) bond motifs is 1. The zero-order valence-corrected chi connectivity index (χ0v) is 18.2. The average molecular weight is 464 g/mol. The highest BCUT2D eigenvalue weighted by Crippen LogP contribution is 2.48. The summed E-state index contributed by atoms with van der Waals surface area (Å²) in [5.41, 5.74) is 2.25. The first-order chi connectivity index (χ1) is 15.9. The number of benzene rings is 3. The summed E-state index contributed by atoms with van der Waals surface area (Å²) in [5, 5.41) is 13.0. The fraction of sp³-hybridized carbons (Fsp3) is 0.167. The van der Waals surface area contributed by atoms with Gasteiger partial charge in [0.05, 0.1) is 22.3 Å². The maximum Gasteiger partial charge on any atom is 0.288 e. The van der Waals surface area contributed by atoms with Crippen LogP contribution in [0.25, 0.3) is 0 Å². The first kappa shape index (κ1) is 21.1. The first-order valence-corrected chi connectivity index (χ1v) is 10.6. The van der Waals surface area contributed by atoms with E-state index >= 15 is 0 Å². The summed E-state index contributed by atoms with van der Waals surface area (Å²) >= 11 is 6.01. The molecule has 2 aliphatic rings. The van der Waals surface area contributed by atoms with Gasteiger partial charge in [0.25, 0.3) is 11.6 Å². The average Bonchev–Trinajstić information content (AvgIpc) is 3.31. The van der Waals surface area contributed by atoms with Crippen molar-refractivity contribution in [3.63, 3.8) is 0 Å². The molecule has 9 heteroatoms. The Labute approximate surface area is 194 Å². The van der Waals surface area contributed by atoms with Crippen molar-refractivity contribution < 1.29 is 19.3 Å². The highest BCUT2D eigenvalue weighted by atomic mass is 35.5. The monoisotopic (exact) mass is 463 g/mol. The fourth-order valence-corrected chi connectivity index (χ4v) is 4.54. The van der Waals surface area contributed by atoms with E-state index in [0.29, 0.717) is 16.9 Å². The van der Waals surface area contributed by atoms with Crippen LogP contribution in [-0.4, -0.2) is 22.8 Å². The number of imide groups is 1. The summed E-state index contributed by atoms with van der Waals surface area (Å²) in [6, 6.07) is 19.7. The van der Waals surface area contributed by atoms with E-state index in [2.05, 4.69) is 0 Å². The van der Waals surface area contributed by atoms with Crippen LogP contribution in [0.5, 0.6) is 0 Å².